The number of halogens is 1. The van der Waals surface area contributed by atoms with Gasteiger partial charge in [-0.25, -0.2) is 14.2 Å². The highest BCUT2D eigenvalue weighted by Crippen LogP contribution is 2.33. The van der Waals surface area contributed by atoms with Crippen molar-refractivity contribution in [2.75, 3.05) is 13.2 Å². The summed E-state index contributed by atoms with van der Waals surface area (Å²) in [7, 11) is 0. The number of H-pyrrole nitrogens is 1. The molecule has 194 valence electrons. The van der Waals surface area contributed by atoms with Gasteiger partial charge in [0.1, 0.15) is 17.9 Å². The highest BCUT2D eigenvalue weighted by atomic mass is 19.1. The minimum atomic E-state index is -0.889. The highest BCUT2D eigenvalue weighted by Gasteiger charge is 2.50. The molecule has 4 atom stereocenters. The Hall–Kier alpha value is -4.48. The van der Waals surface area contributed by atoms with Crippen molar-refractivity contribution < 1.29 is 32.9 Å². The van der Waals surface area contributed by atoms with Gasteiger partial charge in [0.15, 0.2) is 23.9 Å². The predicted molar refractivity (Wildman–Crippen MR) is 134 cm³/mol. The van der Waals surface area contributed by atoms with E-state index >= 15 is 4.39 Å². The molecule has 4 heterocycles. The van der Waals surface area contributed by atoms with Gasteiger partial charge in [-0.3, -0.25) is 4.79 Å². The summed E-state index contributed by atoms with van der Waals surface area (Å²) in [5.74, 6) is -0.589. The fourth-order valence-electron chi connectivity index (χ4n) is 4.86. The van der Waals surface area contributed by atoms with Gasteiger partial charge in [-0.1, -0.05) is 36.4 Å². The standard InChI is InChI=1S/C27H23FN4O6/c28-17-9-18-19(10-22(31-18)37-20-11-35-25-21(38-27(30)34)12-36-24(20)25)32-23(17)15-5-1-13(2-6-15)14-3-7-16(8-4-14)26(29)33/h1-10,20-21,24-25,31H,11-12H2,(H2,29,33)(H2,30,34)/t20-,21-,24-,25?/m1/s1. The minimum absolute atomic E-state index is 0.165. The number of nitrogens with one attached hydrogen (secondary N) is 1. The van der Waals surface area contributed by atoms with Crippen LogP contribution in [0.1, 0.15) is 10.4 Å². The zero-order valence-electron chi connectivity index (χ0n) is 19.9. The lowest BCUT2D eigenvalue weighted by Gasteiger charge is -2.16. The van der Waals surface area contributed by atoms with Crippen LogP contribution < -0.4 is 16.2 Å². The van der Waals surface area contributed by atoms with Crippen molar-refractivity contribution in [2.24, 2.45) is 11.5 Å². The largest absolute Gasteiger partial charge is 0.470 e. The Morgan fingerprint density at radius 1 is 0.895 bits per heavy atom. The van der Waals surface area contributed by atoms with Gasteiger partial charge in [0, 0.05) is 23.3 Å². The number of nitrogens with two attached hydrogens (primary N) is 2. The number of rotatable bonds is 6. The summed E-state index contributed by atoms with van der Waals surface area (Å²) in [4.78, 5) is 29.9. The summed E-state index contributed by atoms with van der Waals surface area (Å²) in [6, 6.07) is 17.3. The second-order valence-corrected chi connectivity index (χ2v) is 9.13. The first-order chi connectivity index (χ1) is 18.4. The molecule has 2 aliphatic heterocycles. The first-order valence-corrected chi connectivity index (χ1v) is 11.9. The molecule has 2 fully saturated rings. The third-order valence-corrected chi connectivity index (χ3v) is 6.70. The van der Waals surface area contributed by atoms with Crippen molar-refractivity contribution >= 4 is 23.0 Å². The van der Waals surface area contributed by atoms with Gasteiger partial charge >= 0.3 is 6.09 Å². The van der Waals surface area contributed by atoms with Crippen LogP contribution >= 0.6 is 0 Å². The van der Waals surface area contributed by atoms with Gasteiger partial charge in [0.25, 0.3) is 0 Å². The van der Waals surface area contributed by atoms with E-state index in [1.165, 1.54) is 6.07 Å². The first-order valence-electron chi connectivity index (χ1n) is 11.9. The number of aromatic nitrogens is 2. The average molecular weight is 519 g/mol. The second kappa shape index (κ2) is 9.43. The fraction of sp³-hybridized carbons (Fsp3) is 0.222. The third kappa shape index (κ3) is 4.42. The van der Waals surface area contributed by atoms with Crippen LogP contribution in [-0.4, -0.2) is 59.6 Å². The van der Waals surface area contributed by atoms with Crippen LogP contribution in [0.2, 0.25) is 0 Å². The van der Waals surface area contributed by atoms with E-state index in [2.05, 4.69) is 9.97 Å². The average Bonchev–Trinajstić information content (AvgIpc) is 3.60. The number of primary amides is 2. The quantitative estimate of drug-likeness (QED) is 0.355. The SMILES string of the molecule is NC(=O)O[C@@H]1CO[C@H]2C1OC[C@H]2Oc1cc2nc(-c3ccc(-c4ccc(C(N)=O)cc4)cc3)c(F)cc2[nH]1. The topological polar surface area (TPSA) is 152 Å². The second-order valence-electron chi connectivity index (χ2n) is 9.13. The number of nitrogens with zero attached hydrogens (tertiary/aromatic N) is 1. The number of hydrogen-bond donors (Lipinski definition) is 3. The molecule has 10 nitrogen and oxygen atoms in total. The number of amides is 2. The number of pyridine rings is 1. The Morgan fingerprint density at radius 3 is 2.16 bits per heavy atom. The first kappa shape index (κ1) is 23.9. The van der Waals surface area contributed by atoms with Gasteiger partial charge in [0.05, 0.1) is 24.2 Å². The molecular weight excluding hydrogens is 495 g/mol. The minimum Gasteiger partial charge on any atom is -0.470 e. The van der Waals surface area contributed by atoms with Gasteiger partial charge in [0.2, 0.25) is 5.91 Å². The molecule has 0 aliphatic carbocycles. The number of aromatic amines is 1. The van der Waals surface area contributed by atoms with Crippen LogP contribution in [0, 0.1) is 5.82 Å². The summed E-state index contributed by atoms with van der Waals surface area (Å²) in [5, 5.41) is 0. The number of ether oxygens (including phenoxy) is 4. The Labute approximate surface area is 215 Å². The molecule has 11 heteroatoms. The lowest BCUT2D eigenvalue weighted by molar-refractivity contribution is -0.000267. The summed E-state index contributed by atoms with van der Waals surface area (Å²) in [6.07, 6.45) is -2.84. The fourth-order valence-corrected chi connectivity index (χ4v) is 4.86. The molecule has 5 N–H and O–H groups in total. The molecule has 2 aromatic carbocycles. The van der Waals surface area contributed by atoms with Crippen LogP contribution in [0.3, 0.4) is 0 Å². The molecule has 6 rings (SSSR count). The Morgan fingerprint density at radius 2 is 1.50 bits per heavy atom. The van der Waals surface area contributed by atoms with Crippen LogP contribution in [0.4, 0.5) is 9.18 Å². The van der Waals surface area contributed by atoms with E-state index in [0.29, 0.717) is 28.0 Å². The monoisotopic (exact) mass is 518 g/mol. The summed E-state index contributed by atoms with van der Waals surface area (Å²) >= 11 is 0. The number of benzene rings is 2. The smallest absolute Gasteiger partial charge is 0.404 e. The lowest BCUT2D eigenvalue weighted by Crippen LogP contribution is -2.37. The van der Waals surface area contributed by atoms with E-state index in [1.807, 2.05) is 12.1 Å². The van der Waals surface area contributed by atoms with E-state index in [1.54, 1.807) is 42.5 Å². The molecular formula is C27H23FN4O6. The molecule has 38 heavy (non-hydrogen) atoms. The number of hydrogen-bond acceptors (Lipinski definition) is 7. The molecule has 0 bridgehead atoms. The molecule has 2 amide bonds. The molecule has 2 saturated heterocycles. The van der Waals surface area contributed by atoms with Crippen molar-refractivity contribution in [2.45, 2.75) is 24.4 Å². The maximum Gasteiger partial charge on any atom is 0.404 e. The third-order valence-electron chi connectivity index (χ3n) is 6.70. The van der Waals surface area contributed by atoms with Crippen LogP contribution in [0.25, 0.3) is 33.4 Å². The zero-order chi connectivity index (χ0) is 26.4. The van der Waals surface area contributed by atoms with E-state index in [-0.39, 0.29) is 18.9 Å². The summed E-state index contributed by atoms with van der Waals surface area (Å²) in [6.45, 7) is 0.395. The van der Waals surface area contributed by atoms with Crippen molar-refractivity contribution in [1.82, 2.24) is 9.97 Å². The normalized spacial score (nSPS) is 22.3. The zero-order valence-corrected chi connectivity index (χ0v) is 19.9. The summed E-state index contributed by atoms with van der Waals surface area (Å²) in [5.41, 5.74) is 14.5. The molecule has 4 aromatic rings. The molecule has 0 saturated carbocycles. The summed E-state index contributed by atoms with van der Waals surface area (Å²) < 4.78 is 37.5. The van der Waals surface area contributed by atoms with Gasteiger partial charge in [-0.15, -0.1) is 0 Å². The van der Waals surface area contributed by atoms with Gasteiger partial charge < -0.3 is 35.4 Å². The molecule has 0 radical (unpaired) electrons. The number of carbonyl (C=O) groups is 2. The lowest BCUT2D eigenvalue weighted by atomic mass is 10.0. The molecule has 2 aliphatic rings. The Bertz CT molecular complexity index is 1520. The van der Waals surface area contributed by atoms with Crippen molar-refractivity contribution in [1.29, 1.82) is 0 Å². The van der Waals surface area contributed by atoms with Crippen molar-refractivity contribution in [3.8, 4) is 28.3 Å². The number of carbonyl (C=O) groups excluding carboxylic acids is 2. The van der Waals surface area contributed by atoms with E-state index in [4.69, 9.17) is 30.4 Å². The van der Waals surface area contributed by atoms with E-state index in [0.717, 1.165) is 11.1 Å². The van der Waals surface area contributed by atoms with Crippen LogP contribution in [0.15, 0.2) is 60.7 Å². The maximum absolute atomic E-state index is 15.0. The van der Waals surface area contributed by atoms with Crippen molar-refractivity contribution in [3.05, 3.63) is 72.0 Å². The van der Waals surface area contributed by atoms with Crippen molar-refractivity contribution in [3.63, 3.8) is 0 Å². The Balaban J connectivity index is 1.19. The molecule has 0 spiro atoms. The predicted octanol–water partition coefficient (Wildman–Crippen LogP) is 3.14. The Kier molecular flexibility index (Phi) is 5.93. The van der Waals surface area contributed by atoms with E-state index < -0.39 is 42.2 Å². The highest BCUT2D eigenvalue weighted by molar-refractivity contribution is 5.93. The van der Waals surface area contributed by atoms with Crippen LogP contribution in [0.5, 0.6) is 5.88 Å². The van der Waals surface area contributed by atoms with E-state index in [9.17, 15) is 9.59 Å². The number of fused-ring (bicyclic) bond motifs is 2. The van der Waals surface area contributed by atoms with Gasteiger partial charge in [-0.05, 0) is 23.3 Å². The molecule has 2 aromatic heterocycles. The van der Waals surface area contributed by atoms with Gasteiger partial charge in [-0.2, -0.15) is 0 Å². The van der Waals surface area contributed by atoms with Crippen LogP contribution in [-0.2, 0) is 14.2 Å². The maximum atomic E-state index is 15.0. The molecule has 1 unspecified atom stereocenters.